The molecule has 0 spiro atoms. The molecule has 1 saturated heterocycles. The van der Waals surface area contributed by atoms with Gasteiger partial charge in [-0.1, -0.05) is 97.1 Å². The summed E-state index contributed by atoms with van der Waals surface area (Å²) in [4.78, 5) is 28.6. The first-order valence-corrected chi connectivity index (χ1v) is 18.3. The molecule has 1 aliphatic heterocycles. The van der Waals surface area contributed by atoms with Crippen molar-refractivity contribution in [1.82, 2.24) is 19.4 Å². The van der Waals surface area contributed by atoms with Gasteiger partial charge in [0, 0.05) is 5.92 Å². The summed E-state index contributed by atoms with van der Waals surface area (Å²) in [5, 5.41) is 6.17. The fourth-order valence-corrected chi connectivity index (χ4v) is 8.50. The van der Waals surface area contributed by atoms with E-state index in [0.29, 0.717) is 16.9 Å². The molecule has 0 aliphatic carbocycles. The first-order valence-electron chi connectivity index (χ1n) is 15.1. The van der Waals surface area contributed by atoms with E-state index in [9.17, 15) is 34.8 Å². The van der Waals surface area contributed by atoms with Crippen molar-refractivity contribution < 1.29 is 44.7 Å². The normalized spacial score (nSPS) is 16.4. The van der Waals surface area contributed by atoms with Gasteiger partial charge in [0.2, 0.25) is 26.0 Å². The Balaban J connectivity index is 0.000000630. The largest absolute Gasteiger partial charge is 0.490 e. The third kappa shape index (κ3) is 9.13. The highest BCUT2D eigenvalue weighted by molar-refractivity contribution is 7.90. The number of para-hydroxylation sites is 2. The van der Waals surface area contributed by atoms with Crippen LogP contribution in [-0.4, -0.2) is 55.7 Å². The highest BCUT2D eigenvalue weighted by Gasteiger charge is 2.39. The van der Waals surface area contributed by atoms with Crippen molar-refractivity contribution in [3.63, 3.8) is 0 Å². The Kier molecular flexibility index (Phi) is 10.7. The molecule has 1 aromatic heterocycles. The van der Waals surface area contributed by atoms with E-state index in [1.165, 1.54) is 0 Å². The van der Waals surface area contributed by atoms with Crippen LogP contribution in [0, 0.1) is 0 Å². The number of nitrogens with one attached hydrogen (secondary N) is 3. The molecule has 4 aromatic carbocycles. The van der Waals surface area contributed by atoms with Crippen LogP contribution in [0.1, 0.15) is 51.7 Å². The molecule has 262 valence electrons. The number of H-pyrrole nitrogens is 1. The molecule has 0 saturated carbocycles. The zero-order valence-electron chi connectivity index (χ0n) is 26.0. The number of carbonyl (C=O) groups excluding carboxylic acids is 1. The van der Waals surface area contributed by atoms with E-state index in [0.717, 1.165) is 22.2 Å². The summed E-state index contributed by atoms with van der Waals surface area (Å²) in [6.45, 7) is 0. The van der Waals surface area contributed by atoms with Crippen molar-refractivity contribution in [2.24, 2.45) is 0 Å². The van der Waals surface area contributed by atoms with E-state index < -0.39 is 49.4 Å². The first-order chi connectivity index (χ1) is 23.6. The molecule has 2 heterocycles. The molecular formula is C34H31F3N4O7S2. The number of nitrogens with zero attached hydrogens (tertiary/aromatic N) is 1. The molecule has 1 unspecified atom stereocenters. The summed E-state index contributed by atoms with van der Waals surface area (Å²) in [6.07, 6.45) is -4.96. The smallest absolute Gasteiger partial charge is 0.475 e. The number of carboxylic acids is 1. The number of benzene rings is 4. The zero-order valence-corrected chi connectivity index (χ0v) is 27.7. The van der Waals surface area contributed by atoms with Crippen LogP contribution in [0.25, 0.3) is 11.0 Å². The molecule has 1 aliphatic rings. The molecule has 5 aromatic rings. The fourth-order valence-electron chi connectivity index (χ4n) is 5.52. The molecule has 4 N–H and O–H groups in total. The molecule has 16 heteroatoms. The third-order valence-corrected chi connectivity index (χ3v) is 11.0. The average molecular weight is 729 g/mol. The van der Waals surface area contributed by atoms with Gasteiger partial charge in [-0.3, -0.25) is 9.52 Å². The zero-order chi connectivity index (χ0) is 36.1. The van der Waals surface area contributed by atoms with E-state index >= 15 is 0 Å². The number of aromatic amines is 1. The van der Waals surface area contributed by atoms with Crippen LogP contribution < -0.4 is 9.44 Å². The van der Waals surface area contributed by atoms with Gasteiger partial charge >= 0.3 is 12.1 Å². The van der Waals surface area contributed by atoms with Crippen LogP contribution in [0.5, 0.6) is 0 Å². The lowest BCUT2D eigenvalue weighted by molar-refractivity contribution is -0.192. The van der Waals surface area contributed by atoms with Crippen molar-refractivity contribution in [3.05, 3.63) is 137 Å². The molecule has 2 atom stereocenters. The van der Waals surface area contributed by atoms with Crippen LogP contribution >= 0.6 is 0 Å². The van der Waals surface area contributed by atoms with Crippen molar-refractivity contribution in [2.45, 2.75) is 36.2 Å². The Labute approximate surface area is 285 Å². The Bertz CT molecular complexity index is 2110. The molecule has 11 nitrogen and oxygen atoms in total. The van der Waals surface area contributed by atoms with Crippen molar-refractivity contribution in [2.75, 3.05) is 5.75 Å². The van der Waals surface area contributed by atoms with E-state index in [4.69, 9.17) is 9.90 Å². The van der Waals surface area contributed by atoms with Gasteiger partial charge in [0.1, 0.15) is 11.1 Å². The van der Waals surface area contributed by atoms with Crippen LogP contribution in [0.4, 0.5) is 13.2 Å². The number of carboxylic acid groups (broad SMARTS) is 1. The van der Waals surface area contributed by atoms with Gasteiger partial charge in [0.15, 0.2) is 0 Å². The minimum atomic E-state index is -5.08. The lowest BCUT2D eigenvalue weighted by atomic mass is 9.93. The Morgan fingerprint density at radius 2 is 1.44 bits per heavy atom. The van der Waals surface area contributed by atoms with E-state index in [1.807, 2.05) is 89.7 Å². The topological polar surface area (TPSA) is 175 Å². The fraction of sp³-hybridized carbons (Fsp3) is 0.206. The van der Waals surface area contributed by atoms with Crippen LogP contribution in [0.3, 0.4) is 0 Å². The van der Waals surface area contributed by atoms with Crippen LogP contribution in [0.15, 0.2) is 109 Å². The summed E-state index contributed by atoms with van der Waals surface area (Å²) in [5.74, 6) is -3.37. The van der Waals surface area contributed by atoms with Crippen molar-refractivity contribution in [1.29, 1.82) is 0 Å². The number of carbonyl (C=O) groups is 2. The minimum absolute atomic E-state index is 0.132. The monoisotopic (exact) mass is 728 g/mol. The predicted octanol–water partition coefficient (Wildman–Crippen LogP) is 5.12. The first kappa shape index (κ1) is 36.2. The summed E-state index contributed by atoms with van der Waals surface area (Å²) in [6, 6.07) is 32.7. The van der Waals surface area contributed by atoms with Gasteiger partial charge in [-0.2, -0.15) is 13.2 Å². The molecule has 1 fully saturated rings. The quantitative estimate of drug-likeness (QED) is 0.153. The van der Waals surface area contributed by atoms with Gasteiger partial charge in [0.05, 0.1) is 29.2 Å². The molecule has 0 radical (unpaired) electrons. The Hall–Kier alpha value is -5.06. The number of hydrogen-bond acceptors (Lipinski definition) is 7. The number of rotatable bonds is 10. The summed E-state index contributed by atoms with van der Waals surface area (Å²) < 4.78 is 89.0. The number of alkyl halides is 3. The minimum Gasteiger partial charge on any atom is -0.475 e. The second-order valence-corrected chi connectivity index (χ2v) is 15.1. The van der Waals surface area contributed by atoms with Gasteiger partial charge < -0.3 is 10.1 Å². The number of hydrogen-bond donors (Lipinski definition) is 4. The number of fused-ring (bicyclic) bond motifs is 1. The highest BCUT2D eigenvalue weighted by atomic mass is 32.2. The van der Waals surface area contributed by atoms with E-state index in [2.05, 4.69) is 14.7 Å². The van der Waals surface area contributed by atoms with Gasteiger partial charge in [-0.05, 0) is 40.8 Å². The molecule has 50 heavy (non-hydrogen) atoms. The van der Waals surface area contributed by atoms with Crippen molar-refractivity contribution in [3.8, 4) is 0 Å². The second kappa shape index (κ2) is 14.8. The number of aliphatic carboxylic acids is 1. The highest BCUT2D eigenvalue weighted by Crippen LogP contribution is 2.31. The molecule has 6 rings (SSSR count). The van der Waals surface area contributed by atoms with Gasteiger partial charge in [0.25, 0.3) is 0 Å². The SMILES string of the molecule is O=C(O)C(F)(F)F.O=C1CC(c2ccc(C[C@H](NS(=O)(=O)CC(c3ccccc3)c3ccccc3)c3nc4ccccc4[nH]3)cc2)S(=O)(=O)N1. The average Bonchev–Trinajstić information content (AvgIpc) is 3.63. The summed E-state index contributed by atoms with van der Waals surface area (Å²) in [5.41, 5.74) is 4.56. The van der Waals surface area contributed by atoms with Gasteiger partial charge in [-0.15, -0.1) is 0 Å². The molecule has 1 amide bonds. The summed E-state index contributed by atoms with van der Waals surface area (Å²) in [7, 11) is -7.63. The summed E-state index contributed by atoms with van der Waals surface area (Å²) >= 11 is 0. The maximum Gasteiger partial charge on any atom is 0.490 e. The Morgan fingerprint density at radius 1 is 0.900 bits per heavy atom. The number of amides is 1. The van der Waals surface area contributed by atoms with Gasteiger partial charge in [-0.25, -0.2) is 31.3 Å². The molecular weight excluding hydrogens is 698 g/mol. The van der Waals surface area contributed by atoms with Crippen LogP contribution in [-0.2, 0) is 36.1 Å². The maximum atomic E-state index is 13.8. The number of imidazole rings is 1. The second-order valence-electron chi connectivity index (χ2n) is 11.5. The lowest BCUT2D eigenvalue weighted by Crippen LogP contribution is -2.34. The molecule has 0 bridgehead atoms. The van der Waals surface area contributed by atoms with E-state index in [-0.39, 0.29) is 24.5 Å². The predicted molar refractivity (Wildman–Crippen MR) is 179 cm³/mol. The lowest BCUT2D eigenvalue weighted by Gasteiger charge is -2.22. The standard InChI is InChI=1S/C32H30N4O5S2.C2HF3O2/c37-31-20-30(43(40,41)36-31)25-17-15-22(16-18-25)19-29(32-33-27-13-7-8-14-28(27)34-32)35-42(38,39)21-26(23-9-3-1-4-10-23)24-11-5-2-6-12-24;3-2(4,5)1(6)7/h1-18,26,29-30,35H,19-21H2,(H,33,34)(H,36,37);(H,6,7)/t29-,30?;/m0./s1. The number of halogens is 3. The number of aromatic nitrogens is 2. The van der Waals surface area contributed by atoms with Crippen LogP contribution in [0.2, 0.25) is 0 Å². The third-order valence-electron chi connectivity index (χ3n) is 7.88. The Morgan fingerprint density at radius 3 is 1.94 bits per heavy atom. The van der Waals surface area contributed by atoms with E-state index in [1.54, 1.807) is 24.3 Å². The maximum absolute atomic E-state index is 13.8. The van der Waals surface area contributed by atoms with Crippen molar-refractivity contribution >= 4 is 43.0 Å². The number of sulfonamides is 2.